The molecule has 0 saturated heterocycles. The van der Waals surface area contributed by atoms with Crippen molar-refractivity contribution < 1.29 is 16.8 Å². The second kappa shape index (κ2) is 3.06. The number of sulfonamides is 2. The molecule has 0 atom stereocenters. The quantitative estimate of drug-likeness (QED) is 0.768. The lowest BCUT2D eigenvalue weighted by Crippen LogP contribution is -2.29. The summed E-state index contributed by atoms with van der Waals surface area (Å²) in [5, 5.41) is 0.831. The Kier molecular flexibility index (Phi) is 1.93. The van der Waals surface area contributed by atoms with Crippen molar-refractivity contribution in [3.8, 4) is 0 Å². The number of nitrogens with one attached hydrogen (secondary N) is 1. The lowest BCUT2D eigenvalue weighted by atomic mass is 10.1. The summed E-state index contributed by atoms with van der Waals surface area (Å²) in [7, 11) is -8.06. The lowest BCUT2D eigenvalue weighted by Gasteiger charge is -2.02. The molecule has 17 heavy (non-hydrogen) atoms. The highest BCUT2D eigenvalue weighted by Gasteiger charge is 2.31. The Hall–Kier alpha value is -1.44. The number of benzene rings is 2. The van der Waals surface area contributed by atoms with E-state index in [1.807, 2.05) is 0 Å². The SMILES string of the molecule is O=S1(=O)NS(=O)(=O)c2cccc3c1cccc23. The molecular formula is C10H7NO4S2. The molecule has 1 heterocycles. The van der Waals surface area contributed by atoms with Crippen LogP contribution in [0.2, 0.25) is 0 Å². The fourth-order valence-corrected chi connectivity index (χ4v) is 5.28. The van der Waals surface area contributed by atoms with Crippen LogP contribution in [-0.2, 0) is 20.0 Å². The minimum Gasteiger partial charge on any atom is -0.206 e. The molecule has 1 aliphatic heterocycles. The molecule has 2 aromatic carbocycles. The van der Waals surface area contributed by atoms with Gasteiger partial charge in [0.15, 0.2) is 0 Å². The molecule has 0 spiro atoms. The van der Waals surface area contributed by atoms with Crippen molar-refractivity contribution >= 4 is 30.8 Å². The first-order valence-corrected chi connectivity index (χ1v) is 7.69. The van der Waals surface area contributed by atoms with Crippen molar-refractivity contribution in [3.63, 3.8) is 0 Å². The van der Waals surface area contributed by atoms with Gasteiger partial charge < -0.3 is 0 Å². The van der Waals surface area contributed by atoms with Crippen LogP contribution in [-0.4, -0.2) is 16.8 Å². The van der Waals surface area contributed by atoms with E-state index in [9.17, 15) is 16.8 Å². The highest BCUT2D eigenvalue weighted by Crippen LogP contribution is 2.31. The molecule has 2 aromatic rings. The third-order valence-electron chi connectivity index (χ3n) is 2.64. The van der Waals surface area contributed by atoms with Gasteiger partial charge in [0.25, 0.3) is 20.0 Å². The maximum atomic E-state index is 11.9. The van der Waals surface area contributed by atoms with Gasteiger partial charge in [0, 0.05) is 10.8 Å². The molecule has 1 N–H and O–H groups in total. The fraction of sp³-hybridized carbons (Fsp3) is 0. The van der Waals surface area contributed by atoms with E-state index in [1.54, 1.807) is 16.3 Å². The average molecular weight is 269 g/mol. The average Bonchev–Trinajstić information content (AvgIpc) is 2.29. The summed E-state index contributed by atoms with van der Waals surface area (Å²) in [6.07, 6.45) is 0. The monoisotopic (exact) mass is 269 g/mol. The molecule has 0 unspecified atom stereocenters. The van der Waals surface area contributed by atoms with Crippen molar-refractivity contribution in [1.82, 2.24) is 4.13 Å². The van der Waals surface area contributed by atoms with E-state index in [-0.39, 0.29) is 9.79 Å². The third-order valence-corrected chi connectivity index (χ3v) is 6.27. The zero-order chi connectivity index (χ0) is 12.3. The zero-order valence-corrected chi connectivity index (χ0v) is 10.0. The Balaban J connectivity index is 2.69. The van der Waals surface area contributed by atoms with Gasteiger partial charge in [-0.25, -0.2) is 16.8 Å². The van der Waals surface area contributed by atoms with E-state index in [0.29, 0.717) is 10.8 Å². The number of hydrogen-bond donors (Lipinski definition) is 1. The van der Waals surface area contributed by atoms with E-state index in [4.69, 9.17) is 0 Å². The standard InChI is InChI=1S/C10H7NO4S2/c12-16(13)9-5-1-3-7-8(9)4-2-6-10(7)17(14,15)11-16/h1-6,11H. The van der Waals surface area contributed by atoms with Gasteiger partial charge in [-0.1, -0.05) is 24.3 Å². The summed E-state index contributed by atoms with van der Waals surface area (Å²) < 4.78 is 49.3. The Labute approximate surface area is 98.2 Å². The molecular weight excluding hydrogens is 262 g/mol. The van der Waals surface area contributed by atoms with Crippen molar-refractivity contribution in [2.24, 2.45) is 0 Å². The minimum absolute atomic E-state index is 0.0158. The molecule has 0 radical (unpaired) electrons. The van der Waals surface area contributed by atoms with Crippen LogP contribution in [0, 0.1) is 0 Å². The van der Waals surface area contributed by atoms with E-state index in [0.717, 1.165) is 0 Å². The Morgan fingerprint density at radius 2 is 1.12 bits per heavy atom. The molecule has 3 rings (SSSR count). The predicted octanol–water partition coefficient (Wildman–Crippen LogP) is 0.820. The fourth-order valence-electron chi connectivity index (χ4n) is 1.96. The van der Waals surface area contributed by atoms with Gasteiger partial charge in [-0.2, -0.15) is 0 Å². The van der Waals surface area contributed by atoms with Crippen molar-refractivity contribution in [3.05, 3.63) is 36.4 Å². The van der Waals surface area contributed by atoms with E-state index in [2.05, 4.69) is 0 Å². The van der Waals surface area contributed by atoms with Crippen LogP contribution < -0.4 is 4.13 Å². The van der Waals surface area contributed by atoms with Crippen molar-refractivity contribution in [2.75, 3.05) is 0 Å². The summed E-state index contributed by atoms with van der Waals surface area (Å²) in [5.41, 5.74) is 0. The Morgan fingerprint density at radius 3 is 1.53 bits per heavy atom. The molecule has 0 amide bonds. The van der Waals surface area contributed by atoms with Crippen LogP contribution in [0.4, 0.5) is 0 Å². The van der Waals surface area contributed by atoms with Gasteiger partial charge in [-0.05, 0) is 12.1 Å². The normalized spacial score (nSPS) is 20.2. The van der Waals surface area contributed by atoms with Gasteiger partial charge >= 0.3 is 0 Å². The lowest BCUT2D eigenvalue weighted by molar-refractivity contribution is 0.579. The summed E-state index contributed by atoms with van der Waals surface area (Å²) in [6.45, 7) is 0. The molecule has 88 valence electrons. The maximum Gasteiger partial charge on any atom is 0.254 e. The van der Waals surface area contributed by atoms with Gasteiger partial charge in [-0.15, -0.1) is 4.13 Å². The van der Waals surface area contributed by atoms with Crippen molar-refractivity contribution in [1.29, 1.82) is 0 Å². The molecule has 4 bridgehead atoms. The molecule has 0 aromatic heterocycles. The number of hydrogen-bond acceptors (Lipinski definition) is 4. The first-order chi connectivity index (χ1) is 7.92. The first kappa shape index (κ1) is 10.7. The first-order valence-electron chi connectivity index (χ1n) is 4.72. The molecule has 7 heteroatoms. The van der Waals surface area contributed by atoms with Gasteiger partial charge in [0.1, 0.15) is 0 Å². The van der Waals surface area contributed by atoms with Crippen LogP contribution in [0.1, 0.15) is 0 Å². The largest absolute Gasteiger partial charge is 0.254 e. The predicted molar refractivity (Wildman–Crippen MR) is 61.5 cm³/mol. The Morgan fingerprint density at radius 1 is 0.706 bits per heavy atom. The van der Waals surface area contributed by atoms with Crippen LogP contribution >= 0.6 is 0 Å². The highest BCUT2D eigenvalue weighted by molar-refractivity contribution is 8.05. The van der Waals surface area contributed by atoms with E-state index in [1.165, 1.54) is 24.3 Å². The molecule has 5 nitrogen and oxygen atoms in total. The van der Waals surface area contributed by atoms with Gasteiger partial charge in [0.05, 0.1) is 9.79 Å². The zero-order valence-electron chi connectivity index (χ0n) is 8.41. The third kappa shape index (κ3) is 1.40. The summed E-state index contributed by atoms with van der Waals surface area (Å²) in [6, 6.07) is 9.01. The van der Waals surface area contributed by atoms with Crippen molar-refractivity contribution in [2.45, 2.75) is 9.79 Å². The molecule has 0 saturated carbocycles. The summed E-state index contributed by atoms with van der Waals surface area (Å²) in [4.78, 5) is -0.0316. The van der Waals surface area contributed by atoms with Gasteiger partial charge in [-0.3, -0.25) is 0 Å². The topological polar surface area (TPSA) is 80.3 Å². The summed E-state index contributed by atoms with van der Waals surface area (Å²) >= 11 is 0. The van der Waals surface area contributed by atoms with E-state index >= 15 is 0 Å². The smallest absolute Gasteiger partial charge is 0.206 e. The second-order valence-corrected chi connectivity index (χ2v) is 7.26. The molecule has 0 aliphatic carbocycles. The Bertz CT molecular complexity index is 766. The second-order valence-electron chi connectivity index (χ2n) is 3.70. The van der Waals surface area contributed by atoms with Crippen LogP contribution in [0.5, 0.6) is 0 Å². The summed E-state index contributed by atoms with van der Waals surface area (Å²) in [5.74, 6) is 0. The van der Waals surface area contributed by atoms with E-state index < -0.39 is 20.0 Å². The number of rotatable bonds is 0. The van der Waals surface area contributed by atoms with Gasteiger partial charge in [0.2, 0.25) is 0 Å². The van der Waals surface area contributed by atoms with Crippen LogP contribution in [0.25, 0.3) is 10.8 Å². The maximum absolute atomic E-state index is 11.9. The van der Waals surface area contributed by atoms with Crippen LogP contribution in [0.3, 0.4) is 0 Å². The minimum atomic E-state index is -4.03. The molecule has 1 aliphatic rings. The highest BCUT2D eigenvalue weighted by atomic mass is 32.3. The molecule has 0 fully saturated rings. The van der Waals surface area contributed by atoms with Crippen LogP contribution in [0.15, 0.2) is 46.2 Å².